The molecule has 1 heterocycles. The van der Waals surface area contributed by atoms with Gasteiger partial charge in [0.25, 0.3) is 5.91 Å². The molecule has 0 bridgehead atoms. The number of ether oxygens (including phenoxy) is 1. The van der Waals surface area contributed by atoms with Crippen LogP contribution >= 0.6 is 0 Å². The van der Waals surface area contributed by atoms with Crippen molar-refractivity contribution >= 4 is 28.5 Å². The molecule has 0 saturated carbocycles. The molecular formula is C18H18N4O4. The first-order valence-corrected chi connectivity index (χ1v) is 7.91. The Bertz CT molecular complexity index is 1040. The van der Waals surface area contributed by atoms with Crippen molar-refractivity contribution in [1.82, 2.24) is 15.3 Å². The fraction of sp³-hybridized carbons (Fsp3) is 0.167. The summed E-state index contributed by atoms with van der Waals surface area (Å²) in [6, 6.07) is 10.1. The quantitative estimate of drug-likeness (QED) is 0.556. The molecule has 0 fully saturated rings. The van der Waals surface area contributed by atoms with Crippen LogP contribution in [0.4, 0.5) is 5.69 Å². The maximum absolute atomic E-state index is 12.2. The topological polar surface area (TPSA) is 116 Å². The van der Waals surface area contributed by atoms with Gasteiger partial charge in [-0.05, 0) is 42.8 Å². The lowest BCUT2D eigenvalue weighted by molar-refractivity contribution is -0.115. The number of amides is 2. The SMILES string of the molecule is COc1cc(C(=O)NCC(=O)Nc2ccc3[nH]c(=O)[nH]c3c2)ccc1C. The van der Waals surface area contributed by atoms with Gasteiger partial charge in [0.15, 0.2) is 0 Å². The highest BCUT2D eigenvalue weighted by molar-refractivity contribution is 6.00. The number of hydrogen-bond acceptors (Lipinski definition) is 4. The minimum Gasteiger partial charge on any atom is -0.496 e. The van der Waals surface area contributed by atoms with Crippen molar-refractivity contribution in [3.8, 4) is 5.75 Å². The van der Waals surface area contributed by atoms with Gasteiger partial charge in [0.05, 0.1) is 24.7 Å². The number of carbonyl (C=O) groups excluding carboxylic acids is 2. The largest absolute Gasteiger partial charge is 0.496 e. The molecule has 2 aromatic carbocycles. The van der Waals surface area contributed by atoms with E-state index in [2.05, 4.69) is 20.6 Å². The molecule has 3 rings (SSSR count). The molecule has 0 aliphatic heterocycles. The lowest BCUT2D eigenvalue weighted by atomic mass is 10.1. The van der Waals surface area contributed by atoms with Crippen LogP contribution in [0.3, 0.4) is 0 Å². The summed E-state index contributed by atoms with van der Waals surface area (Å²) < 4.78 is 5.19. The molecule has 8 nitrogen and oxygen atoms in total. The molecule has 0 atom stereocenters. The van der Waals surface area contributed by atoms with Crippen LogP contribution in [0.5, 0.6) is 5.75 Å². The molecule has 3 aromatic rings. The van der Waals surface area contributed by atoms with Gasteiger partial charge in [-0.15, -0.1) is 0 Å². The van der Waals surface area contributed by atoms with E-state index in [1.165, 1.54) is 7.11 Å². The number of methoxy groups -OCH3 is 1. The molecule has 8 heteroatoms. The van der Waals surface area contributed by atoms with Crippen molar-refractivity contribution in [3.63, 3.8) is 0 Å². The molecule has 0 radical (unpaired) electrons. The summed E-state index contributed by atoms with van der Waals surface area (Å²) in [7, 11) is 1.53. The minimum atomic E-state index is -0.380. The Hall–Kier alpha value is -3.55. The summed E-state index contributed by atoms with van der Waals surface area (Å²) in [5.41, 5.74) is 2.76. The number of anilines is 1. The average Bonchev–Trinajstić information content (AvgIpc) is 2.99. The van der Waals surface area contributed by atoms with Gasteiger partial charge in [-0.1, -0.05) is 6.07 Å². The number of hydrogen-bond donors (Lipinski definition) is 4. The number of nitrogens with one attached hydrogen (secondary N) is 4. The molecule has 26 heavy (non-hydrogen) atoms. The third-order valence-corrected chi connectivity index (χ3v) is 3.88. The minimum absolute atomic E-state index is 0.184. The number of fused-ring (bicyclic) bond motifs is 1. The normalized spacial score (nSPS) is 10.5. The Labute approximate surface area is 148 Å². The van der Waals surface area contributed by atoms with Crippen LogP contribution in [-0.4, -0.2) is 35.4 Å². The highest BCUT2D eigenvalue weighted by atomic mass is 16.5. The third kappa shape index (κ3) is 3.75. The molecule has 134 valence electrons. The summed E-state index contributed by atoms with van der Waals surface area (Å²) in [4.78, 5) is 40.7. The molecule has 0 aliphatic rings. The van der Waals surface area contributed by atoms with Gasteiger partial charge in [-0.25, -0.2) is 4.79 Å². The number of rotatable bonds is 5. The molecule has 2 amide bonds. The molecule has 4 N–H and O–H groups in total. The van der Waals surface area contributed by atoms with Gasteiger partial charge >= 0.3 is 5.69 Å². The maximum Gasteiger partial charge on any atom is 0.323 e. The van der Waals surface area contributed by atoms with Gasteiger partial charge in [0.2, 0.25) is 5.91 Å². The summed E-state index contributed by atoms with van der Waals surface area (Å²) in [5, 5.41) is 5.23. The highest BCUT2D eigenvalue weighted by Gasteiger charge is 2.11. The van der Waals surface area contributed by atoms with Gasteiger partial charge in [0, 0.05) is 11.3 Å². The first-order chi connectivity index (χ1) is 12.5. The number of aromatic amines is 2. The maximum atomic E-state index is 12.2. The smallest absolute Gasteiger partial charge is 0.323 e. The zero-order valence-corrected chi connectivity index (χ0v) is 14.3. The molecule has 0 spiro atoms. The highest BCUT2D eigenvalue weighted by Crippen LogP contribution is 2.19. The zero-order valence-electron chi connectivity index (χ0n) is 14.3. The predicted molar refractivity (Wildman–Crippen MR) is 97.6 cm³/mol. The lowest BCUT2D eigenvalue weighted by Gasteiger charge is -2.09. The number of H-pyrrole nitrogens is 2. The van der Waals surface area contributed by atoms with Crippen molar-refractivity contribution in [2.45, 2.75) is 6.92 Å². The Kier molecular flexibility index (Phi) is 4.74. The summed E-state index contributed by atoms with van der Waals surface area (Å²) in [6.07, 6.45) is 0. The van der Waals surface area contributed by atoms with Crippen molar-refractivity contribution in [2.75, 3.05) is 19.0 Å². The van der Waals surface area contributed by atoms with E-state index in [9.17, 15) is 14.4 Å². The standard InChI is InChI=1S/C18H18N4O4/c1-10-3-4-11(7-15(10)26-2)17(24)19-9-16(23)20-12-5-6-13-14(8-12)22-18(25)21-13/h3-8H,9H2,1-2H3,(H,19,24)(H,20,23)(H2,21,22,25). The van der Waals surface area contributed by atoms with Gasteiger partial charge < -0.3 is 25.3 Å². The van der Waals surface area contributed by atoms with E-state index in [1.54, 1.807) is 36.4 Å². The van der Waals surface area contributed by atoms with E-state index in [-0.39, 0.29) is 24.0 Å². The van der Waals surface area contributed by atoms with Crippen LogP contribution in [0.25, 0.3) is 11.0 Å². The van der Waals surface area contributed by atoms with Crippen LogP contribution in [0, 0.1) is 6.92 Å². The Morgan fingerprint density at radius 2 is 1.85 bits per heavy atom. The Balaban J connectivity index is 1.60. The summed E-state index contributed by atoms with van der Waals surface area (Å²) in [5.74, 6) is -0.144. The van der Waals surface area contributed by atoms with E-state index in [0.29, 0.717) is 28.0 Å². The Morgan fingerprint density at radius 1 is 1.08 bits per heavy atom. The second-order valence-electron chi connectivity index (χ2n) is 5.75. The van der Waals surface area contributed by atoms with Crippen molar-refractivity contribution in [3.05, 3.63) is 58.0 Å². The first-order valence-electron chi connectivity index (χ1n) is 7.91. The van der Waals surface area contributed by atoms with Crippen LogP contribution in [0.15, 0.2) is 41.2 Å². The molecule has 0 aliphatic carbocycles. The van der Waals surface area contributed by atoms with Crippen LogP contribution in [-0.2, 0) is 4.79 Å². The average molecular weight is 354 g/mol. The van der Waals surface area contributed by atoms with Gasteiger partial charge in [0.1, 0.15) is 5.75 Å². The fourth-order valence-electron chi connectivity index (χ4n) is 2.54. The molecule has 0 saturated heterocycles. The van der Waals surface area contributed by atoms with Crippen molar-refractivity contribution in [1.29, 1.82) is 0 Å². The summed E-state index contributed by atoms with van der Waals surface area (Å²) >= 11 is 0. The number of imidazole rings is 1. The second-order valence-corrected chi connectivity index (χ2v) is 5.75. The third-order valence-electron chi connectivity index (χ3n) is 3.88. The number of benzene rings is 2. The van der Waals surface area contributed by atoms with E-state index in [4.69, 9.17) is 4.74 Å². The van der Waals surface area contributed by atoms with E-state index < -0.39 is 0 Å². The van der Waals surface area contributed by atoms with Gasteiger partial charge in [-0.2, -0.15) is 0 Å². The summed E-state index contributed by atoms with van der Waals surface area (Å²) in [6.45, 7) is 1.69. The monoisotopic (exact) mass is 354 g/mol. The number of aryl methyl sites for hydroxylation is 1. The lowest BCUT2D eigenvalue weighted by Crippen LogP contribution is -2.32. The molecule has 1 aromatic heterocycles. The predicted octanol–water partition coefficient (Wildman–Crippen LogP) is 1.54. The van der Waals surface area contributed by atoms with E-state index >= 15 is 0 Å². The number of aromatic nitrogens is 2. The van der Waals surface area contributed by atoms with Crippen LogP contribution in [0.1, 0.15) is 15.9 Å². The molecular weight excluding hydrogens is 336 g/mol. The molecule has 0 unspecified atom stereocenters. The van der Waals surface area contributed by atoms with Crippen molar-refractivity contribution < 1.29 is 14.3 Å². The van der Waals surface area contributed by atoms with Crippen molar-refractivity contribution in [2.24, 2.45) is 0 Å². The second kappa shape index (κ2) is 7.14. The number of carbonyl (C=O) groups is 2. The van der Waals surface area contributed by atoms with Crippen LogP contribution < -0.4 is 21.1 Å². The van der Waals surface area contributed by atoms with E-state index in [1.807, 2.05) is 6.92 Å². The van der Waals surface area contributed by atoms with Gasteiger partial charge in [-0.3, -0.25) is 9.59 Å². The zero-order chi connectivity index (χ0) is 18.7. The Morgan fingerprint density at radius 3 is 2.62 bits per heavy atom. The van der Waals surface area contributed by atoms with Crippen LogP contribution in [0.2, 0.25) is 0 Å². The fourth-order valence-corrected chi connectivity index (χ4v) is 2.54. The first kappa shape index (κ1) is 17.3. The van der Waals surface area contributed by atoms with E-state index in [0.717, 1.165) is 5.56 Å².